The molecule has 0 spiro atoms. The van der Waals surface area contributed by atoms with E-state index in [0.29, 0.717) is 30.7 Å². The summed E-state index contributed by atoms with van der Waals surface area (Å²) in [4.78, 5) is 7.75. The molecule has 72 valence electrons. The molecule has 2 N–H and O–H groups in total. The number of nitrogens with zero attached hydrogens (tertiary/aromatic N) is 2. The van der Waals surface area contributed by atoms with Gasteiger partial charge in [0.05, 0.1) is 13.2 Å². The van der Waals surface area contributed by atoms with E-state index in [1.54, 1.807) is 0 Å². The average molecular weight is 183 g/mol. The highest BCUT2D eigenvalue weighted by molar-refractivity contribution is 5.55. The predicted octanol–water partition coefficient (Wildman–Crippen LogP) is 0.856. The molecule has 0 saturated heterocycles. The number of hydrogen-bond acceptors (Lipinski definition) is 5. The molecule has 0 amide bonds. The van der Waals surface area contributed by atoms with Crippen LogP contribution >= 0.6 is 0 Å². The van der Waals surface area contributed by atoms with E-state index in [4.69, 9.17) is 15.2 Å². The zero-order chi connectivity index (χ0) is 9.68. The van der Waals surface area contributed by atoms with Crippen LogP contribution < -0.4 is 15.2 Å². The van der Waals surface area contributed by atoms with Crippen LogP contribution in [0.25, 0.3) is 0 Å². The van der Waals surface area contributed by atoms with Crippen LogP contribution in [0.3, 0.4) is 0 Å². The molecule has 5 nitrogen and oxygen atoms in total. The standard InChI is InChI=1S/C8H13N3O2/c1-3-12-7-6(9)8(13-4-2)11-5-10-7/h5H,3-4,9H2,1-2H3. The smallest absolute Gasteiger partial charge is 0.244 e. The summed E-state index contributed by atoms with van der Waals surface area (Å²) in [5.41, 5.74) is 6.03. The highest BCUT2D eigenvalue weighted by Crippen LogP contribution is 2.26. The third kappa shape index (κ3) is 2.21. The molecular weight excluding hydrogens is 170 g/mol. The summed E-state index contributed by atoms with van der Waals surface area (Å²) in [5, 5.41) is 0. The minimum atomic E-state index is 0.353. The maximum atomic E-state index is 5.68. The molecule has 0 aliphatic rings. The SMILES string of the molecule is CCOc1ncnc(OCC)c1N. The number of nitrogen functional groups attached to an aromatic ring is 1. The largest absolute Gasteiger partial charge is 0.476 e. The van der Waals surface area contributed by atoms with Crippen LogP contribution in [0.4, 0.5) is 5.69 Å². The van der Waals surface area contributed by atoms with Gasteiger partial charge in [-0.25, -0.2) is 0 Å². The highest BCUT2D eigenvalue weighted by Gasteiger charge is 2.08. The molecule has 1 rings (SSSR count). The Labute approximate surface area is 76.9 Å². The zero-order valence-corrected chi connectivity index (χ0v) is 7.78. The first-order valence-electron chi connectivity index (χ1n) is 4.15. The molecule has 0 unspecified atom stereocenters. The fourth-order valence-electron chi connectivity index (χ4n) is 0.868. The molecule has 13 heavy (non-hydrogen) atoms. The number of anilines is 1. The lowest BCUT2D eigenvalue weighted by molar-refractivity contribution is 0.309. The second kappa shape index (κ2) is 4.49. The molecular formula is C8H13N3O2. The van der Waals surface area contributed by atoms with Crippen molar-refractivity contribution in [2.75, 3.05) is 18.9 Å². The topological polar surface area (TPSA) is 70.3 Å². The third-order valence-corrected chi connectivity index (χ3v) is 1.37. The summed E-state index contributed by atoms with van der Waals surface area (Å²) >= 11 is 0. The average Bonchev–Trinajstić information content (AvgIpc) is 2.13. The number of aromatic nitrogens is 2. The molecule has 1 aromatic rings. The van der Waals surface area contributed by atoms with Crippen LogP contribution in [0.2, 0.25) is 0 Å². The molecule has 0 radical (unpaired) electrons. The Morgan fingerprint density at radius 1 is 1.15 bits per heavy atom. The number of ether oxygens (including phenoxy) is 2. The van der Waals surface area contributed by atoms with Gasteiger partial charge >= 0.3 is 0 Å². The maximum absolute atomic E-state index is 5.68. The lowest BCUT2D eigenvalue weighted by atomic mass is 10.5. The molecule has 5 heteroatoms. The van der Waals surface area contributed by atoms with E-state index in [-0.39, 0.29) is 0 Å². The first kappa shape index (κ1) is 9.57. The number of hydrogen-bond donors (Lipinski definition) is 1. The van der Waals surface area contributed by atoms with Crippen LogP contribution in [0.1, 0.15) is 13.8 Å². The van der Waals surface area contributed by atoms with Crippen LogP contribution in [-0.2, 0) is 0 Å². The summed E-state index contributed by atoms with van der Waals surface area (Å²) in [5.74, 6) is 0.752. The Morgan fingerprint density at radius 3 is 2.00 bits per heavy atom. The van der Waals surface area contributed by atoms with E-state index >= 15 is 0 Å². The quantitative estimate of drug-likeness (QED) is 0.749. The van der Waals surface area contributed by atoms with Crippen molar-refractivity contribution in [3.8, 4) is 11.8 Å². The van der Waals surface area contributed by atoms with E-state index in [9.17, 15) is 0 Å². The Kier molecular flexibility index (Phi) is 3.31. The second-order valence-corrected chi connectivity index (χ2v) is 2.26. The zero-order valence-electron chi connectivity index (χ0n) is 7.78. The Balaban J connectivity index is 2.89. The fraction of sp³-hybridized carbons (Fsp3) is 0.500. The van der Waals surface area contributed by atoms with Gasteiger partial charge in [-0.15, -0.1) is 0 Å². The lowest BCUT2D eigenvalue weighted by Gasteiger charge is -2.08. The van der Waals surface area contributed by atoms with Crippen molar-refractivity contribution in [3.63, 3.8) is 0 Å². The molecule has 0 atom stereocenters. The lowest BCUT2D eigenvalue weighted by Crippen LogP contribution is -2.04. The summed E-state index contributed by atoms with van der Waals surface area (Å²) < 4.78 is 10.3. The molecule has 0 aromatic carbocycles. The Morgan fingerprint density at radius 2 is 1.62 bits per heavy atom. The molecule has 1 aromatic heterocycles. The minimum Gasteiger partial charge on any atom is -0.476 e. The van der Waals surface area contributed by atoms with Gasteiger partial charge in [-0.1, -0.05) is 0 Å². The van der Waals surface area contributed by atoms with E-state index in [1.807, 2.05) is 13.8 Å². The molecule has 0 aliphatic carbocycles. The Bertz CT molecular complexity index is 254. The molecule has 0 saturated carbocycles. The maximum Gasteiger partial charge on any atom is 0.244 e. The normalized spacial score (nSPS) is 9.69. The van der Waals surface area contributed by atoms with E-state index < -0.39 is 0 Å². The predicted molar refractivity (Wildman–Crippen MR) is 48.8 cm³/mol. The molecule has 0 aliphatic heterocycles. The van der Waals surface area contributed by atoms with Gasteiger partial charge in [-0.05, 0) is 13.8 Å². The van der Waals surface area contributed by atoms with Crippen LogP contribution in [0.15, 0.2) is 6.33 Å². The minimum absolute atomic E-state index is 0.353. The summed E-state index contributed by atoms with van der Waals surface area (Å²) in [7, 11) is 0. The monoisotopic (exact) mass is 183 g/mol. The van der Waals surface area contributed by atoms with E-state index in [2.05, 4.69) is 9.97 Å². The molecule has 0 bridgehead atoms. The molecule has 1 heterocycles. The molecule has 0 fully saturated rings. The van der Waals surface area contributed by atoms with Gasteiger partial charge in [0.2, 0.25) is 11.8 Å². The van der Waals surface area contributed by atoms with Crippen LogP contribution in [0, 0.1) is 0 Å². The fourth-order valence-corrected chi connectivity index (χ4v) is 0.868. The van der Waals surface area contributed by atoms with Crippen molar-refractivity contribution in [2.45, 2.75) is 13.8 Å². The number of rotatable bonds is 4. The van der Waals surface area contributed by atoms with Crippen molar-refractivity contribution < 1.29 is 9.47 Å². The van der Waals surface area contributed by atoms with Crippen molar-refractivity contribution in [3.05, 3.63) is 6.33 Å². The first-order chi connectivity index (χ1) is 6.29. The van der Waals surface area contributed by atoms with Gasteiger partial charge in [0.25, 0.3) is 0 Å². The Hall–Kier alpha value is -1.52. The second-order valence-electron chi connectivity index (χ2n) is 2.26. The van der Waals surface area contributed by atoms with Gasteiger partial charge in [-0.2, -0.15) is 9.97 Å². The van der Waals surface area contributed by atoms with E-state index in [1.165, 1.54) is 6.33 Å². The van der Waals surface area contributed by atoms with Crippen LogP contribution in [0.5, 0.6) is 11.8 Å². The highest BCUT2D eigenvalue weighted by atomic mass is 16.5. The van der Waals surface area contributed by atoms with Crippen molar-refractivity contribution in [2.24, 2.45) is 0 Å². The first-order valence-corrected chi connectivity index (χ1v) is 4.15. The van der Waals surface area contributed by atoms with Crippen LogP contribution in [-0.4, -0.2) is 23.2 Å². The third-order valence-electron chi connectivity index (χ3n) is 1.37. The number of nitrogens with two attached hydrogens (primary N) is 1. The van der Waals surface area contributed by atoms with Gasteiger partial charge in [-0.3, -0.25) is 0 Å². The van der Waals surface area contributed by atoms with Gasteiger partial charge in [0.15, 0.2) is 5.69 Å². The summed E-state index contributed by atoms with van der Waals surface area (Å²) in [6, 6.07) is 0. The van der Waals surface area contributed by atoms with Crippen molar-refractivity contribution in [1.29, 1.82) is 0 Å². The van der Waals surface area contributed by atoms with Crippen molar-refractivity contribution in [1.82, 2.24) is 9.97 Å². The van der Waals surface area contributed by atoms with Crippen molar-refractivity contribution >= 4 is 5.69 Å². The summed E-state index contributed by atoms with van der Waals surface area (Å²) in [6.07, 6.45) is 1.37. The van der Waals surface area contributed by atoms with E-state index in [0.717, 1.165) is 0 Å². The van der Waals surface area contributed by atoms with Gasteiger partial charge in [0, 0.05) is 0 Å². The summed E-state index contributed by atoms with van der Waals surface area (Å²) in [6.45, 7) is 4.77. The van der Waals surface area contributed by atoms with Gasteiger partial charge < -0.3 is 15.2 Å². The van der Waals surface area contributed by atoms with Gasteiger partial charge in [0.1, 0.15) is 6.33 Å².